The SMILES string of the molecule is c1ccc(CN2CCN3CCN(Cc4ccccc4)C3C2)cc1. The molecule has 3 heteroatoms. The lowest BCUT2D eigenvalue weighted by Crippen LogP contribution is -2.54. The summed E-state index contributed by atoms with van der Waals surface area (Å²) >= 11 is 0. The third-order valence-corrected chi connectivity index (χ3v) is 5.12. The second kappa shape index (κ2) is 6.83. The molecule has 2 saturated heterocycles. The third-order valence-electron chi connectivity index (χ3n) is 5.12. The summed E-state index contributed by atoms with van der Waals surface area (Å²) in [5.74, 6) is 0. The van der Waals surface area contributed by atoms with Gasteiger partial charge < -0.3 is 0 Å². The van der Waals surface area contributed by atoms with Crippen LogP contribution in [0.2, 0.25) is 0 Å². The van der Waals surface area contributed by atoms with Crippen LogP contribution in [-0.4, -0.2) is 53.6 Å². The number of benzene rings is 2. The van der Waals surface area contributed by atoms with E-state index in [0.29, 0.717) is 6.17 Å². The van der Waals surface area contributed by atoms with Crippen LogP contribution in [0.4, 0.5) is 0 Å². The molecule has 0 amide bonds. The Morgan fingerprint density at radius 3 is 2.00 bits per heavy atom. The minimum atomic E-state index is 0.577. The van der Waals surface area contributed by atoms with Crippen molar-refractivity contribution in [3.05, 3.63) is 71.8 Å². The lowest BCUT2D eigenvalue weighted by atomic mass is 10.1. The fourth-order valence-corrected chi connectivity index (χ4v) is 3.86. The summed E-state index contributed by atoms with van der Waals surface area (Å²) < 4.78 is 0. The average Bonchev–Trinajstić information content (AvgIpc) is 2.99. The number of rotatable bonds is 4. The molecule has 0 spiro atoms. The zero-order valence-electron chi connectivity index (χ0n) is 13.6. The minimum Gasteiger partial charge on any atom is -0.295 e. The summed E-state index contributed by atoms with van der Waals surface area (Å²) in [6.45, 7) is 8.09. The van der Waals surface area contributed by atoms with Crippen molar-refractivity contribution in [2.45, 2.75) is 19.3 Å². The van der Waals surface area contributed by atoms with Crippen LogP contribution in [0.1, 0.15) is 11.1 Å². The van der Waals surface area contributed by atoms with Gasteiger partial charge in [0, 0.05) is 45.8 Å². The molecular formula is C20H25N3. The topological polar surface area (TPSA) is 9.72 Å². The maximum absolute atomic E-state index is 2.66. The molecule has 1 unspecified atom stereocenters. The quantitative estimate of drug-likeness (QED) is 0.860. The number of piperazine rings is 1. The molecule has 2 heterocycles. The number of hydrogen-bond acceptors (Lipinski definition) is 3. The Hall–Kier alpha value is -1.68. The first-order valence-electron chi connectivity index (χ1n) is 8.67. The van der Waals surface area contributed by atoms with E-state index in [4.69, 9.17) is 0 Å². The van der Waals surface area contributed by atoms with Crippen LogP contribution in [0, 0.1) is 0 Å². The van der Waals surface area contributed by atoms with Crippen LogP contribution in [0.25, 0.3) is 0 Å². The zero-order chi connectivity index (χ0) is 15.5. The van der Waals surface area contributed by atoms with Crippen LogP contribution in [0.5, 0.6) is 0 Å². The fourth-order valence-electron chi connectivity index (χ4n) is 3.86. The van der Waals surface area contributed by atoms with E-state index in [9.17, 15) is 0 Å². The van der Waals surface area contributed by atoms with Crippen molar-refractivity contribution in [2.75, 3.05) is 32.7 Å². The average molecular weight is 307 g/mol. The van der Waals surface area contributed by atoms with Crippen molar-refractivity contribution in [1.82, 2.24) is 14.7 Å². The second-order valence-corrected chi connectivity index (χ2v) is 6.69. The summed E-state index contributed by atoms with van der Waals surface area (Å²) in [5.41, 5.74) is 2.85. The van der Waals surface area contributed by atoms with E-state index in [1.54, 1.807) is 0 Å². The minimum absolute atomic E-state index is 0.577. The van der Waals surface area contributed by atoms with E-state index in [1.165, 1.54) is 37.3 Å². The molecule has 0 radical (unpaired) electrons. The van der Waals surface area contributed by atoms with Gasteiger partial charge in [-0.3, -0.25) is 14.7 Å². The molecule has 2 aliphatic heterocycles. The van der Waals surface area contributed by atoms with Crippen LogP contribution < -0.4 is 0 Å². The summed E-state index contributed by atoms with van der Waals surface area (Å²) in [6, 6.07) is 21.7. The Bertz CT molecular complexity index is 613. The predicted molar refractivity (Wildman–Crippen MR) is 93.9 cm³/mol. The number of hydrogen-bond donors (Lipinski definition) is 0. The van der Waals surface area contributed by atoms with Crippen molar-refractivity contribution >= 4 is 0 Å². The monoisotopic (exact) mass is 307 g/mol. The van der Waals surface area contributed by atoms with Gasteiger partial charge in [-0.1, -0.05) is 60.7 Å². The van der Waals surface area contributed by atoms with E-state index < -0.39 is 0 Å². The summed E-state index contributed by atoms with van der Waals surface area (Å²) in [4.78, 5) is 7.91. The Morgan fingerprint density at radius 2 is 1.30 bits per heavy atom. The highest BCUT2D eigenvalue weighted by Gasteiger charge is 2.36. The van der Waals surface area contributed by atoms with Gasteiger partial charge in [-0.2, -0.15) is 0 Å². The van der Waals surface area contributed by atoms with E-state index in [-0.39, 0.29) is 0 Å². The van der Waals surface area contributed by atoms with E-state index in [1.807, 2.05) is 0 Å². The molecule has 23 heavy (non-hydrogen) atoms. The Morgan fingerprint density at radius 1 is 0.696 bits per heavy atom. The van der Waals surface area contributed by atoms with Crippen LogP contribution in [0.15, 0.2) is 60.7 Å². The zero-order valence-corrected chi connectivity index (χ0v) is 13.6. The first-order chi connectivity index (χ1) is 11.4. The van der Waals surface area contributed by atoms with Gasteiger partial charge in [0.1, 0.15) is 0 Å². The number of fused-ring (bicyclic) bond motifs is 1. The Kier molecular flexibility index (Phi) is 4.42. The van der Waals surface area contributed by atoms with Crippen LogP contribution in [0.3, 0.4) is 0 Å². The normalized spacial score (nSPS) is 23.0. The molecule has 2 aliphatic rings. The van der Waals surface area contributed by atoms with Gasteiger partial charge in [0.15, 0.2) is 0 Å². The van der Waals surface area contributed by atoms with Gasteiger partial charge in [0.2, 0.25) is 0 Å². The van der Waals surface area contributed by atoms with Gasteiger partial charge in [-0.15, -0.1) is 0 Å². The van der Waals surface area contributed by atoms with Gasteiger partial charge >= 0.3 is 0 Å². The molecule has 0 bridgehead atoms. The van der Waals surface area contributed by atoms with Crippen molar-refractivity contribution in [3.8, 4) is 0 Å². The summed E-state index contributed by atoms with van der Waals surface area (Å²) in [7, 11) is 0. The molecular weight excluding hydrogens is 282 g/mol. The van der Waals surface area contributed by atoms with Gasteiger partial charge in [0.05, 0.1) is 6.17 Å². The summed E-state index contributed by atoms with van der Waals surface area (Å²) in [5, 5.41) is 0. The van der Waals surface area contributed by atoms with Gasteiger partial charge in [-0.05, 0) is 11.1 Å². The molecule has 2 fully saturated rings. The van der Waals surface area contributed by atoms with Crippen molar-refractivity contribution in [2.24, 2.45) is 0 Å². The molecule has 0 N–H and O–H groups in total. The molecule has 1 atom stereocenters. The Labute approximate surface area is 139 Å². The standard InChI is InChI=1S/C20H25N3/c1-3-7-18(8-4-1)15-21-11-12-22-13-14-23(20(22)17-21)16-19-9-5-2-6-10-19/h1-10,20H,11-17H2. The molecule has 0 aromatic heterocycles. The highest BCUT2D eigenvalue weighted by Crippen LogP contribution is 2.22. The first-order valence-corrected chi connectivity index (χ1v) is 8.67. The first kappa shape index (κ1) is 14.9. The lowest BCUT2D eigenvalue weighted by Gasteiger charge is -2.40. The highest BCUT2D eigenvalue weighted by atomic mass is 15.5. The molecule has 3 nitrogen and oxygen atoms in total. The molecule has 0 saturated carbocycles. The molecule has 2 aromatic rings. The van der Waals surface area contributed by atoms with Crippen LogP contribution >= 0.6 is 0 Å². The van der Waals surface area contributed by atoms with Crippen LogP contribution in [-0.2, 0) is 13.1 Å². The maximum atomic E-state index is 2.66. The van der Waals surface area contributed by atoms with Gasteiger partial charge in [0.25, 0.3) is 0 Å². The third kappa shape index (κ3) is 3.47. The molecule has 0 aliphatic carbocycles. The van der Waals surface area contributed by atoms with Crippen molar-refractivity contribution in [3.63, 3.8) is 0 Å². The van der Waals surface area contributed by atoms with E-state index >= 15 is 0 Å². The lowest BCUT2D eigenvalue weighted by molar-refractivity contribution is 0.0336. The van der Waals surface area contributed by atoms with Gasteiger partial charge in [-0.25, -0.2) is 0 Å². The predicted octanol–water partition coefficient (Wildman–Crippen LogP) is 2.65. The molecule has 2 aromatic carbocycles. The van der Waals surface area contributed by atoms with E-state index in [0.717, 1.165) is 19.6 Å². The Balaban J connectivity index is 1.41. The largest absolute Gasteiger partial charge is 0.295 e. The maximum Gasteiger partial charge on any atom is 0.0758 e. The highest BCUT2D eigenvalue weighted by molar-refractivity contribution is 5.16. The van der Waals surface area contributed by atoms with Crippen molar-refractivity contribution in [1.29, 1.82) is 0 Å². The smallest absolute Gasteiger partial charge is 0.0758 e. The van der Waals surface area contributed by atoms with E-state index in [2.05, 4.69) is 75.4 Å². The number of nitrogens with zero attached hydrogens (tertiary/aromatic N) is 3. The molecule has 4 rings (SSSR count). The summed E-state index contributed by atoms with van der Waals surface area (Å²) in [6.07, 6.45) is 0.577. The molecule has 120 valence electrons. The van der Waals surface area contributed by atoms with Crippen molar-refractivity contribution < 1.29 is 0 Å². The fraction of sp³-hybridized carbons (Fsp3) is 0.400. The second-order valence-electron chi connectivity index (χ2n) is 6.69.